The van der Waals surface area contributed by atoms with Crippen LogP contribution >= 0.6 is 0 Å². The van der Waals surface area contributed by atoms with Crippen molar-refractivity contribution in [3.63, 3.8) is 0 Å². The van der Waals surface area contributed by atoms with Crippen LogP contribution in [0.25, 0.3) is 16.9 Å². The Morgan fingerprint density at radius 3 is 2.65 bits per heavy atom. The van der Waals surface area contributed by atoms with E-state index in [4.69, 9.17) is 30.0 Å². The van der Waals surface area contributed by atoms with Crippen molar-refractivity contribution in [2.45, 2.75) is 19.4 Å². The fraction of sp³-hybridized carbons (Fsp3) is 0.250. The van der Waals surface area contributed by atoms with Gasteiger partial charge in [-0.15, -0.1) is 0 Å². The highest BCUT2D eigenvalue weighted by Gasteiger charge is 2.15. The number of nitrogens with zero attached hydrogens (tertiary/aromatic N) is 3. The van der Waals surface area contributed by atoms with Crippen LogP contribution in [0.1, 0.15) is 18.3 Å². The van der Waals surface area contributed by atoms with Gasteiger partial charge in [0.2, 0.25) is 0 Å². The van der Waals surface area contributed by atoms with Crippen molar-refractivity contribution < 1.29 is 14.2 Å². The van der Waals surface area contributed by atoms with E-state index in [1.807, 2.05) is 72.1 Å². The van der Waals surface area contributed by atoms with Gasteiger partial charge in [-0.05, 0) is 55.0 Å². The molecule has 31 heavy (non-hydrogen) atoms. The first-order chi connectivity index (χ1) is 15.2. The lowest BCUT2D eigenvalue weighted by atomic mass is 10.1. The first-order valence-electron chi connectivity index (χ1n) is 10.4. The lowest BCUT2D eigenvalue weighted by Gasteiger charge is -2.19. The number of benzene rings is 2. The summed E-state index contributed by atoms with van der Waals surface area (Å²) < 4.78 is 19.0. The molecule has 0 saturated carbocycles. The van der Waals surface area contributed by atoms with Crippen molar-refractivity contribution in [3.8, 4) is 28.5 Å². The first kappa shape index (κ1) is 19.4. The molecule has 1 atom stereocenters. The Kier molecular flexibility index (Phi) is 5.18. The number of ether oxygens (including phenoxy) is 3. The number of aromatic nitrogens is 3. The van der Waals surface area contributed by atoms with Crippen molar-refractivity contribution in [2.24, 2.45) is 5.73 Å². The highest BCUT2D eigenvalue weighted by Crippen LogP contribution is 2.34. The number of hydrogen-bond donors (Lipinski definition) is 1. The van der Waals surface area contributed by atoms with Gasteiger partial charge in [-0.2, -0.15) is 5.10 Å². The van der Waals surface area contributed by atoms with E-state index in [0.717, 1.165) is 45.5 Å². The van der Waals surface area contributed by atoms with Crippen LogP contribution in [0.5, 0.6) is 17.2 Å². The molecule has 0 radical (unpaired) electrons. The van der Waals surface area contributed by atoms with Gasteiger partial charge in [0.25, 0.3) is 0 Å². The summed E-state index contributed by atoms with van der Waals surface area (Å²) in [5, 5.41) is 4.77. The number of fused-ring (bicyclic) bond motifs is 2. The predicted octanol–water partition coefficient (Wildman–Crippen LogP) is 3.48. The van der Waals surface area contributed by atoms with E-state index in [2.05, 4.69) is 0 Å². The third kappa shape index (κ3) is 4.04. The topological polar surface area (TPSA) is 83.9 Å². The lowest BCUT2D eigenvalue weighted by molar-refractivity contribution is 0.171. The highest BCUT2D eigenvalue weighted by atomic mass is 16.6. The van der Waals surface area contributed by atoms with Crippen molar-refractivity contribution >= 4 is 5.65 Å². The third-order valence-electron chi connectivity index (χ3n) is 5.20. The second-order valence-corrected chi connectivity index (χ2v) is 7.55. The van der Waals surface area contributed by atoms with Crippen LogP contribution in [-0.4, -0.2) is 40.5 Å². The fourth-order valence-electron chi connectivity index (χ4n) is 3.59. The van der Waals surface area contributed by atoms with Crippen LogP contribution in [0.2, 0.25) is 0 Å². The molecule has 0 unspecified atom stereocenters. The Morgan fingerprint density at radius 1 is 1.03 bits per heavy atom. The summed E-state index contributed by atoms with van der Waals surface area (Å²) >= 11 is 0. The average molecular weight is 416 g/mol. The molecule has 4 aromatic rings. The van der Waals surface area contributed by atoms with Crippen LogP contribution < -0.4 is 19.9 Å². The van der Waals surface area contributed by atoms with Gasteiger partial charge in [0, 0.05) is 18.5 Å². The molecule has 0 spiro atoms. The van der Waals surface area contributed by atoms with Crippen LogP contribution in [0, 0.1) is 0 Å². The predicted molar refractivity (Wildman–Crippen MR) is 118 cm³/mol. The summed E-state index contributed by atoms with van der Waals surface area (Å²) in [6.07, 6.45) is 0.625. The van der Waals surface area contributed by atoms with E-state index < -0.39 is 0 Å². The van der Waals surface area contributed by atoms with Crippen LogP contribution in [0.4, 0.5) is 0 Å². The van der Waals surface area contributed by atoms with E-state index in [0.29, 0.717) is 26.2 Å². The molecule has 1 aliphatic heterocycles. The Bertz CT molecular complexity index is 1200. The number of pyridine rings is 1. The number of nitrogens with two attached hydrogens (primary N) is 1. The second-order valence-electron chi connectivity index (χ2n) is 7.55. The standard InChI is InChI=1S/C24H24N4O3/c1-16(15-25)31-19-8-5-17(6-9-19)13-23-26-24-4-2-3-20(28(24)27-23)18-7-10-21-22(14-18)30-12-11-29-21/h2-10,14,16H,11-13,15,25H2,1H3/t16-/m1/s1. The van der Waals surface area contributed by atoms with Gasteiger partial charge >= 0.3 is 0 Å². The van der Waals surface area contributed by atoms with E-state index in [-0.39, 0.29) is 6.10 Å². The summed E-state index contributed by atoms with van der Waals surface area (Å²) in [5.41, 5.74) is 9.49. The second kappa shape index (κ2) is 8.28. The van der Waals surface area contributed by atoms with Crippen molar-refractivity contribution in [3.05, 3.63) is 72.1 Å². The largest absolute Gasteiger partial charge is 0.489 e. The van der Waals surface area contributed by atoms with Crippen molar-refractivity contribution in [1.29, 1.82) is 0 Å². The lowest BCUT2D eigenvalue weighted by Crippen LogP contribution is -2.22. The summed E-state index contributed by atoms with van der Waals surface area (Å²) in [6.45, 7) is 3.57. The summed E-state index contributed by atoms with van der Waals surface area (Å²) in [6, 6.07) is 19.9. The Balaban J connectivity index is 1.41. The van der Waals surface area contributed by atoms with E-state index >= 15 is 0 Å². The maximum Gasteiger partial charge on any atom is 0.162 e. The molecule has 0 aliphatic carbocycles. The zero-order valence-corrected chi connectivity index (χ0v) is 17.3. The van der Waals surface area contributed by atoms with E-state index in [1.165, 1.54) is 0 Å². The molecule has 7 heteroatoms. The third-order valence-corrected chi connectivity index (χ3v) is 5.20. The van der Waals surface area contributed by atoms with Crippen molar-refractivity contribution in [1.82, 2.24) is 14.6 Å². The molecular formula is C24H24N4O3. The Labute approximate surface area is 180 Å². The first-order valence-corrected chi connectivity index (χ1v) is 10.4. The maximum absolute atomic E-state index is 5.74. The molecule has 2 N–H and O–H groups in total. The van der Waals surface area contributed by atoms with Gasteiger partial charge in [0.05, 0.1) is 5.69 Å². The smallest absolute Gasteiger partial charge is 0.162 e. The van der Waals surface area contributed by atoms with Gasteiger partial charge in [0.15, 0.2) is 23.0 Å². The van der Waals surface area contributed by atoms with Crippen molar-refractivity contribution in [2.75, 3.05) is 19.8 Å². The summed E-state index contributed by atoms with van der Waals surface area (Å²) in [4.78, 5) is 4.71. The van der Waals surface area contributed by atoms with Gasteiger partial charge in [-0.3, -0.25) is 0 Å². The normalized spacial score (nSPS) is 13.9. The average Bonchev–Trinajstić information content (AvgIpc) is 3.22. The monoisotopic (exact) mass is 416 g/mol. The van der Waals surface area contributed by atoms with Gasteiger partial charge in [0.1, 0.15) is 25.1 Å². The molecule has 158 valence electrons. The zero-order valence-electron chi connectivity index (χ0n) is 17.3. The molecular weight excluding hydrogens is 392 g/mol. The Hall–Kier alpha value is -3.58. The number of rotatable bonds is 6. The molecule has 2 aromatic heterocycles. The highest BCUT2D eigenvalue weighted by molar-refractivity contribution is 5.66. The fourth-order valence-corrected chi connectivity index (χ4v) is 3.59. The quantitative estimate of drug-likeness (QED) is 0.518. The van der Waals surface area contributed by atoms with Gasteiger partial charge in [-0.1, -0.05) is 18.2 Å². The van der Waals surface area contributed by atoms with Crippen LogP contribution in [0.15, 0.2) is 60.7 Å². The van der Waals surface area contributed by atoms with Gasteiger partial charge in [-0.25, -0.2) is 9.50 Å². The minimum absolute atomic E-state index is 0.00932. The molecule has 0 saturated heterocycles. The molecule has 3 heterocycles. The molecule has 0 amide bonds. The Morgan fingerprint density at radius 2 is 1.84 bits per heavy atom. The summed E-state index contributed by atoms with van der Waals surface area (Å²) in [7, 11) is 0. The summed E-state index contributed by atoms with van der Waals surface area (Å²) in [5.74, 6) is 3.10. The van der Waals surface area contributed by atoms with Crippen LogP contribution in [0.3, 0.4) is 0 Å². The minimum atomic E-state index is -0.00932. The van der Waals surface area contributed by atoms with E-state index in [1.54, 1.807) is 0 Å². The van der Waals surface area contributed by atoms with Gasteiger partial charge < -0.3 is 19.9 Å². The zero-order chi connectivity index (χ0) is 21.2. The maximum atomic E-state index is 5.74. The van der Waals surface area contributed by atoms with Crippen LogP contribution in [-0.2, 0) is 6.42 Å². The molecule has 0 fully saturated rings. The molecule has 2 aromatic carbocycles. The molecule has 5 rings (SSSR count). The molecule has 7 nitrogen and oxygen atoms in total. The van der Waals surface area contributed by atoms with E-state index in [9.17, 15) is 0 Å². The molecule has 1 aliphatic rings. The molecule has 0 bridgehead atoms. The SMILES string of the molecule is C[C@H](CN)Oc1ccc(Cc2nc3cccc(-c4ccc5c(c4)OCCO5)n3n2)cc1. The minimum Gasteiger partial charge on any atom is -0.489 e. The number of hydrogen-bond acceptors (Lipinski definition) is 6.